The van der Waals surface area contributed by atoms with Gasteiger partial charge in [-0.25, -0.2) is 4.98 Å². The summed E-state index contributed by atoms with van der Waals surface area (Å²) in [5, 5.41) is 0. The SMILES string of the molecule is NCCc1ccc(N2CC3CCC(C2)O3)nc1. The van der Waals surface area contributed by atoms with Gasteiger partial charge in [-0.2, -0.15) is 0 Å². The van der Waals surface area contributed by atoms with Gasteiger partial charge in [0.15, 0.2) is 0 Å². The van der Waals surface area contributed by atoms with Gasteiger partial charge in [-0.1, -0.05) is 6.07 Å². The number of nitrogens with zero attached hydrogens (tertiary/aromatic N) is 2. The van der Waals surface area contributed by atoms with Crippen molar-refractivity contribution in [3.63, 3.8) is 0 Å². The first-order chi connectivity index (χ1) is 8.35. The molecule has 2 aliphatic rings. The molecule has 2 saturated heterocycles. The number of ether oxygens (including phenoxy) is 1. The van der Waals surface area contributed by atoms with Crippen LogP contribution in [0.2, 0.25) is 0 Å². The zero-order valence-electron chi connectivity index (χ0n) is 10.0. The van der Waals surface area contributed by atoms with E-state index in [0.29, 0.717) is 18.8 Å². The molecule has 92 valence electrons. The van der Waals surface area contributed by atoms with Gasteiger partial charge < -0.3 is 15.4 Å². The van der Waals surface area contributed by atoms with E-state index in [9.17, 15) is 0 Å². The van der Waals surface area contributed by atoms with Gasteiger partial charge >= 0.3 is 0 Å². The van der Waals surface area contributed by atoms with Crippen LogP contribution in [-0.4, -0.2) is 36.8 Å². The Morgan fingerprint density at radius 3 is 2.65 bits per heavy atom. The van der Waals surface area contributed by atoms with Crippen molar-refractivity contribution in [3.05, 3.63) is 23.9 Å². The Kier molecular flexibility index (Phi) is 2.99. The van der Waals surface area contributed by atoms with Gasteiger partial charge in [0.05, 0.1) is 12.2 Å². The lowest BCUT2D eigenvalue weighted by atomic mass is 10.2. The van der Waals surface area contributed by atoms with E-state index < -0.39 is 0 Å². The van der Waals surface area contributed by atoms with Crippen LogP contribution in [-0.2, 0) is 11.2 Å². The Hall–Kier alpha value is -1.13. The van der Waals surface area contributed by atoms with E-state index in [1.54, 1.807) is 0 Å². The molecule has 2 unspecified atom stereocenters. The summed E-state index contributed by atoms with van der Waals surface area (Å²) in [5.41, 5.74) is 6.75. The second-order valence-corrected chi connectivity index (χ2v) is 4.93. The second kappa shape index (κ2) is 4.63. The molecule has 1 aromatic heterocycles. The van der Waals surface area contributed by atoms with Crippen molar-refractivity contribution in [1.29, 1.82) is 0 Å². The minimum absolute atomic E-state index is 0.416. The molecule has 2 bridgehead atoms. The van der Waals surface area contributed by atoms with E-state index >= 15 is 0 Å². The fourth-order valence-electron chi connectivity index (χ4n) is 2.72. The number of aromatic nitrogens is 1. The third kappa shape index (κ3) is 2.28. The van der Waals surface area contributed by atoms with Crippen molar-refractivity contribution >= 4 is 5.82 Å². The van der Waals surface area contributed by atoms with Crippen LogP contribution < -0.4 is 10.6 Å². The van der Waals surface area contributed by atoms with Crippen LogP contribution in [0.4, 0.5) is 5.82 Å². The predicted octanol–water partition coefficient (Wildman–Crippen LogP) is 0.950. The molecule has 0 spiro atoms. The molecule has 0 amide bonds. The highest BCUT2D eigenvalue weighted by atomic mass is 16.5. The van der Waals surface area contributed by atoms with E-state index in [1.165, 1.54) is 18.4 Å². The van der Waals surface area contributed by atoms with Crippen LogP contribution in [0.1, 0.15) is 18.4 Å². The van der Waals surface area contributed by atoms with Crippen LogP contribution in [0, 0.1) is 0 Å². The third-order valence-corrected chi connectivity index (χ3v) is 3.61. The van der Waals surface area contributed by atoms with Gasteiger partial charge in [-0.3, -0.25) is 0 Å². The maximum Gasteiger partial charge on any atom is 0.128 e. The highest BCUT2D eigenvalue weighted by Gasteiger charge is 2.34. The minimum Gasteiger partial charge on any atom is -0.371 e. The van der Waals surface area contributed by atoms with Crippen molar-refractivity contribution in [2.24, 2.45) is 5.73 Å². The minimum atomic E-state index is 0.416. The van der Waals surface area contributed by atoms with E-state index in [1.807, 2.05) is 6.20 Å². The van der Waals surface area contributed by atoms with Crippen LogP contribution in [0.15, 0.2) is 18.3 Å². The van der Waals surface area contributed by atoms with Crippen molar-refractivity contribution < 1.29 is 4.74 Å². The Morgan fingerprint density at radius 2 is 2.06 bits per heavy atom. The van der Waals surface area contributed by atoms with Gasteiger partial charge in [0, 0.05) is 19.3 Å². The van der Waals surface area contributed by atoms with Crippen LogP contribution >= 0.6 is 0 Å². The summed E-state index contributed by atoms with van der Waals surface area (Å²) in [6, 6.07) is 4.24. The molecule has 1 aromatic rings. The molecule has 17 heavy (non-hydrogen) atoms. The van der Waals surface area contributed by atoms with Crippen molar-refractivity contribution in [1.82, 2.24) is 4.98 Å². The monoisotopic (exact) mass is 233 g/mol. The first-order valence-corrected chi connectivity index (χ1v) is 6.40. The molecule has 2 N–H and O–H groups in total. The molecule has 4 heteroatoms. The second-order valence-electron chi connectivity index (χ2n) is 4.93. The number of fused-ring (bicyclic) bond motifs is 2. The summed E-state index contributed by atoms with van der Waals surface area (Å²) in [6.07, 6.45) is 6.08. The van der Waals surface area contributed by atoms with Crippen molar-refractivity contribution in [2.75, 3.05) is 24.5 Å². The highest BCUT2D eigenvalue weighted by Crippen LogP contribution is 2.28. The average molecular weight is 233 g/mol. The number of anilines is 1. The molecule has 2 fully saturated rings. The molecular formula is C13H19N3O. The van der Waals surface area contributed by atoms with Crippen LogP contribution in [0.3, 0.4) is 0 Å². The van der Waals surface area contributed by atoms with E-state index in [0.717, 1.165) is 25.3 Å². The van der Waals surface area contributed by atoms with Gasteiger partial charge in [0.25, 0.3) is 0 Å². The standard InChI is InChI=1S/C13H19N3O/c14-6-5-10-1-4-13(15-7-10)16-8-11-2-3-12(9-16)17-11/h1,4,7,11-12H,2-3,5-6,8-9,14H2. The Balaban J connectivity index is 1.71. The summed E-state index contributed by atoms with van der Waals surface area (Å²) < 4.78 is 5.83. The normalized spacial score (nSPS) is 27.5. The van der Waals surface area contributed by atoms with Crippen molar-refractivity contribution in [3.8, 4) is 0 Å². The smallest absolute Gasteiger partial charge is 0.128 e. The number of nitrogens with two attached hydrogens (primary N) is 1. The number of pyridine rings is 1. The highest BCUT2D eigenvalue weighted by molar-refractivity contribution is 5.40. The number of morpholine rings is 1. The molecule has 4 nitrogen and oxygen atoms in total. The summed E-state index contributed by atoms with van der Waals surface area (Å²) >= 11 is 0. The number of hydrogen-bond donors (Lipinski definition) is 1. The molecule has 0 radical (unpaired) electrons. The quantitative estimate of drug-likeness (QED) is 0.844. The lowest BCUT2D eigenvalue weighted by Gasteiger charge is -2.33. The van der Waals surface area contributed by atoms with Gasteiger partial charge in [0.1, 0.15) is 5.82 Å². The fraction of sp³-hybridized carbons (Fsp3) is 0.615. The van der Waals surface area contributed by atoms with Crippen LogP contribution in [0.5, 0.6) is 0 Å². The number of rotatable bonds is 3. The Morgan fingerprint density at radius 1 is 1.29 bits per heavy atom. The Bertz CT molecular complexity index is 367. The zero-order valence-corrected chi connectivity index (χ0v) is 10.0. The molecule has 2 atom stereocenters. The lowest BCUT2D eigenvalue weighted by molar-refractivity contribution is 0.0302. The average Bonchev–Trinajstić information content (AvgIpc) is 2.70. The predicted molar refractivity (Wildman–Crippen MR) is 67.1 cm³/mol. The molecular weight excluding hydrogens is 214 g/mol. The molecule has 0 aromatic carbocycles. The van der Waals surface area contributed by atoms with Crippen LogP contribution in [0.25, 0.3) is 0 Å². The largest absolute Gasteiger partial charge is 0.371 e. The lowest BCUT2D eigenvalue weighted by Crippen LogP contribution is -2.43. The van der Waals surface area contributed by atoms with E-state index in [2.05, 4.69) is 22.0 Å². The van der Waals surface area contributed by atoms with Gasteiger partial charge in [0.2, 0.25) is 0 Å². The van der Waals surface area contributed by atoms with Gasteiger partial charge in [-0.05, 0) is 37.4 Å². The van der Waals surface area contributed by atoms with E-state index in [-0.39, 0.29) is 0 Å². The zero-order chi connectivity index (χ0) is 11.7. The Labute approximate surface area is 102 Å². The molecule has 3 heterocycles. The first kappa shape index (κ1) is 11.0. The molecule has 0 aliphatic carbocycles. The fourth-order valence-corrected chi connectivity index (χ4v) is 2.72. The summed E-state index contributed by atoms with van der Waals surface area (Å²) in [5.74, 6) is 1.07. The van der Waals surface area contributed by atoms with Gasteiger partial charge in [-0.15, -0.1) is 0 Å². The molecule has 0 saturated carbocycles. The summed E-state index contributed by atoms with van der Waals surface area (Å²) in [7, 11) is 0. The topological polar surface area (TPSA) is 51.4 Å². The number of hydrogen-bond acceptors (Lipinski definition) is 4. The third-order valence-electron chi connectivity index (χ3n) is 3.61. The maximum absolute atomic E-state index is 5.83. The maximum atomic E-state index is 5.83. The summed E-state index contributed by atoms with van der Waals surface area (Å²) in [4.78, 5) is 6.88. The van der Waals surface area contributed by atoms with Crippen molar-refractivity contribution in [2.45, 2.75) is 31.5 Å². The molecule has 2 aliphatic heterocycles. The van der Waals surface area contributed by atoms with E-state index in [4.69, 9.17) is 10.5 Å². The summed E-state index contributed by atoms with van der Waals surface area (Å²) in [6.45, 7) is 2.65. The molecule has 3 rings (SSSR count). The first-order valence-electron chi connectivity index (χ1n) is 6.40.